The zero-order valence-electron chi connectivity index (χ0n) is 28.8. The summed E-state index contributed by atoms with van der Waals surface area (Å²) < 4.78 is 32.1. The summed E-state index contributed by atoms with van der Waals surface area (Å²) in [5.41, 5.74) is 5.97. The lowest BCUT2D eigenvalue weighted by atomic mass is 9.89. The fraction of sp³-hybridized carbons (Fsp3) is 0.432. The van der Waals surface area contributed by atoms with Crippen molar-refractivity contribution in [3.63, 3.8) is 0 Å². The van der Waals surface area contributed by atoms with Crippen molar-refractivity contribution in [1.29, 1.82) is 5.26 Å². The minimum atomic E-state index is -0.730. The molecule has 2 aliphatic rings. The fourth-order valence-electron chi connectivity index (χ4n) is 7.78. The Balaban J connectivity index is 1.42. The molecular formula is C37H41F2N9O. The van der Waals surface area contributed by atoms with Crippen LogP contribution in [0, 0.1) is 37.9 Å². The van der Waals surface area contributed by atoms with Crippen molar-refractivity contribution >= 4 is 44.4 Å². The zero-order valence-corrected chi connectivity index (χ0v) is 28.8. The van der Waals surface area contributed by atoms with Gasteiger partial charge in [0.15, 0.2) is 5.82 Å². The molecule has 12 heteroatoms. The lowest BCUT2D eigenvalue weighted by Crippen LogP contribution is -2.67. The number of aromatic nitrogens is 5. The molecule has 2 atom stereocenters. The van der Waals surface area contributed by atoms with Gasteiger partial charge in [0, 0.05) is 48.1 Å². The first kappa shape index (κ1) is 32.6. The van der Waals surface area contributed by atoms with E-state index in [0.717, 1.165) is 57.1 Å². The second kappa shape index (κ2) is 12.2. The molecule has 0 spiro atoms. The number of aromatic amines is 1. The topological polar surface area (TPSA) is 110 Å². The molecule has 1 amide bonds. The van der Waals surface area contributed by atoms with Crippen LogP contribution in [0.1, 0.15) is 48.9 Å². The predicted molar refractivity (Wildman–Crippen MR) is 188 cm³/mol. The molecule has 2 aromatic carbocycles. The molecule has 5 heterocycles. The van der Waals surface area contributed by atoms with Gasteiger partial charge < -0.3 is 14.7 Å². The number of benzene rings is 2. The number of nitrogens with one attached hydrogen (secondary N) is 1. The number of nitriles is 1. The van der Waals surface area contributed by atoms with E-state index < -0.39 is 6.67 Å². The van der Waals surface area contributed by atoms with Crippen LogP contribution in [0.15, 0.2) is 36.7 Å². The maximum Gasteiger partial charge on any atom is 0.246 e. The molecule has 0 aliphatic carbocycles. The molecule has 2 fully saturated rings. The smallest absolute Gasteiger partial charge is 0.246 e. The fourth-order valence-corrected chi connectivity index (χ4v) is 7.78. The maximum atomic E-state index is 17.4. The van der Waals surface area contributed by atoms with Crippen molar-refractivity contribution in [3.05, 3.63) is 59.2 Å². The van der Waals surface area contributed by atoms with Crippen LogP contribution in [-0.4, -0.2) is 92.7 Å². The number of nitrogens with zero attached hydrogens (tertiary/aromatic N) is 8. The van der Waals surface area contributed by atoms with E-state index in [1.165, 1.54) is 12.2 Å². The third-order valence-electron chi connectivity index (χ3n) is 10.9. The number of carbonyl (C=O) groups excluding carboxylic acids is 1. The van der Waals surface area contributed by atoms with Crippen molar-refractivity contribution < 1.29 is 13.6 Å². The maximum absolute atomic E-state index is 17.4. The highest BCUT2D eigenvalue weighted by molar-refractivity contribution is 6.11. The number of hydrogen-bond donors (Lipinski definition) is 1. The second-order valence-electron chi connectivity index (χ2n) is 14.1. The number of amides is 1. The number of alkyl halides is 1. The summed E-state index contributed by atoms with van der Waals surface area (Å²) in [6.07, 6.45) is 7.22. The molecule has 2 aliphatic heterocycles. The van der Waals surface area contributed by atoms with Crippen LogP contribution in [0.2, 0.25) is 0 Å². The minimum Gasteiger partial charge on any atom is -0.352 e. The summed E-state index contributed by atoms with van der Waals surface area (Å²) in [7, 11) is 4.13. The molecule has 0 radical (unpaired) electrons. The van der Waals surface area contributed by atoms with Gasteiger partial charge in [-0.05, 0) is 95.1 Å². The summed E-state index contributed by atoms with van der Waals surface area (Å²) in [6, 6.07) is 5.76. The van der Waals surface area contributed by atoms with Gasteiger partial charge in [0.1, 0.15) is 18.0 Å². The summed E-state index contributed by atoms with van der Waals surface area (Å²) >= 11 is 0. The minimum absolute atomic E-state index is 0.0536. The molecule has 2 saturated heterocycles. The number of hydrogen-bond acceptors (Lipinski definition) is 7. The quantitative estimate of drug-likeness (QED) is 0.203. The predicted octanol–water partition coefficient (Wildman–Crippen LogP) is 6.30. The van der Waals surface area contributed by atoms with Crippen molar-refractivity contribution in [2.24, 2.45) is 0 Å². The number of carbonyl (C=O) groups is 1. The third kappa shape index (κ3) is 5.22. The van der Waals surface area contributed by atoms with Gasteiger partial charge in [-0.3, -0.25) is 14.6 Å². The Bertz CT molecular complexity index is 2190. The number of likely N-dealkylation sites (tertiary alicyclic amines) is 1. The highest BCUT2D eigenvalue weighted by Crippen LogP contribution is 2.44. The van der Waals surface area contributed by atoms with Crippen LogP contribution in [0.25, 0.3) is 43.8 Å². The van der Waals surface area contributed by atoms with Gasteiger partial charge in [0.05, 0.1) is 52.9 Å². The Morgan fingerprint density at radius 3 is 2.63 bits per heavy atom. The number of halogens is 2. The number of fused-ring (bicyclic) bond motifs is 4. The number of anilines is 1. The Morgan fingerprint density at radius 1 is 1.14 bits per heavy atom. The van der Waals surface area contributed by atoms with Crippen molar-refractivity contribution in [2.75, 3.05) is 45.3 Å². The molecule has 7 rings (SSSR count). The molecule has 0 unspecified atom stereocenters. The first-order valence-electron chi connectivity index (χ1n) is 16.7. The van der Waals surface area contributed by atoms with Crippen LogP contribution < -0.4 is 4.90 Å². The standard InChI is InChI=1S/C37H41F2N9O/c1-21-15-29-27(17-41-44-29)32(23(21)3)31-22(2)14-26-34(33(31)39)43-36(46-19-37(4,20-46)45(5)6)28-18-42-48(35(26)28)25-10-13-47(24(16-25)9-12-40)30(49)8-7-11-38/h7-8,14-15,17-18,24-25H,9-11,13,16,19-20H2,1-6H3,(H,41,44)/b8-7+/t24-,25+/m1/s1. The van der Waals surface area contributed by atoms with Crippen molar-refractivity contribution in [3.8, 4) is 17.2 Å². The van der Waals surface area contributed by atoms with Crippen LogP contribution in [0.5, 0.6) is 0 Å². The molecule has 10 nitrogen and oxygen atoms in total. The van der Waals surface area contributed by atoms with E-state index in [1.807, 2.05) is 43.8 Å². The molecule has 254 valence electrons. The SMILES string of the molecule is Cc1cc2[nH]ncc2c(-c2c(C)cc3c(nc(N4CC(C)(N(C)C)C4)c4cnn([C@H]5CCN(C(=O)/C=C/CF)[C@H](CC#N)C5)c43)c2F)c1C. The molecule has 0 bridgehead atoms. The van der Waals surface area contributed by atoms with Gasteiger partial charge >= 0.3 is 0 Å². The highest BCUT2D eigenvalue weighted by Gasteiger charge is 2.42. The summed E-state index contributed by atoms with van der Waals surface area (Å²) in [5, 5.41) is 24.2. The summed E-state index contributed by atoms with van der Waals surface area (Å²) in [6.45, 7) is 9.29. The van der Waals surface area contributed by atoms with Gasteiger partial charge in [0.2, 0.25) is 5.91 Å². The Morgan fingerprint density at radius 2 is 1.92 bits per heavy atom. The van der Waals surface area contributed by atoms with Crippen LogP contribution in [0.3, 0.4) is 0 Å². The van der Waals surface area contributed by atoms with E-state index in [0.29, 0.717) is 36.2 Å². The number of H-pyrrole nitrogens is 1. The van der Waals surface area contributed by atoms with Gasteiger partial charge in [0.25, 0.3) is 0 Å². The number of aryl methyl sites for hydroxylation is 2. The van der Waals surface area contributed by atoms with Crippen molar-refractivity contribution in [2.45, 2.75) is 64.6 Å². The van der Waals surface area contributed by atoms with E-state index in [1.54, 1.807) is 11.1 Å². The molecule has 0 saturated carbocycles. The van der Waals surface area contributed by atoms with E-state index in [9.17, 15) is 14.4 Å². The summed E-state index contributed by atoms with van der Waals surface area (Å²) in [4.78, 5) is 24.0. The molecule has 5 aromatic rings. The first-order valence-corrected chi connectivity index (χ1v) is 16.7. The second-order valence-corrected chi connectivity index (χ2v) is 14.1. The summed E-state index contributed by atoms with van der Waals surface area (Å²) in [5.74, 6) is -0.00195. The van der Waals surface area contributed by atoms with E-state index in [-0.39, 0.29) is 41.3 Å². The van der Waals surface area contributed by atoms with Crippen LogP contribution >= 0.6 is 0 Å². The van der Waals surface area contributed by atoms with Gasteiger partial charge in [-0.2, -0.15) is 15.5 Å². The molecule has 1 N–H and O–H groups in total. The Labute approximate surface area is 284 Å². The number of piperidine rings is 1. The number of allylic oxidation sites excluding steroid dienone is 1. The Hall–Kier alpha value is -4.89. The number of pyridine rings is 1. The average Bonchev–Trinajstić information content (AvgIpc) is 3.71. The monoisotopic (exact) mass is 665 g/mol. The average molecular weight is 666 g/mol. The van der Waals surface area contributed by atoms with Crippen LogP contribution in [0.4, 0.5) is 14.6 Å². The lowest BCUT2D eigenvalue weighted by molar-refractivity contribution is -0.130. The van der Waals surface area contributed by atoms with Crippen LogP contribution in [-0.2, 0) is 4.79 Å². The number of rotatable bonds is 7. The molecule has 49 heavy (non-hydrogen) atoms. The normalized spacial score (nSPS) is 19.4. The van der Waals surface area contributed by atoms with Crippen molar-refractivity contribution in [1.82, 2.24) is 34.8 Å². The zero-order chi connectivity index (χ0) is 34.8. The Kier molecular flexibility index (Phi) is 8.14. The van der Waals surface area contributed by atoms with Gasteiger partial charge in [-0.1, -0.05) is 0 Å². The first-order chi connectivity index (χ1) is 23.5. The largest absolute Gasteiger partial charge is 0.352 e. The highest BCUT2D eigenvalue weighted by atomic mass is 19.1. The van der Waals surface area contributed by atoms with Gasteiger partial charge in [-0.25, -0.2) is 13.8 Å². The molecular weight excluding hydrogens is 624 g/mol. The molecule has 3 aromatic heterocycles. The third-order valence-corrected chi connectivity index (χ3v) is 10.9. The van der Waals surface area contributed by atoms with Gasteiger partial charge in [-0.15, -0.1) is 0 Å². The van der Waals surface area contributed by atoms with E-state index in [2.05, 4.69) is 47.1 Å². The number of likely N-dealkylation sites (N-methyl/N-ethyl adjacent to an activating group) is 1. The lowest BCUT2D eigenvalue weighted by Gasteiger charge is -2.52. The van der Waals surface area contributed by atoms with E-state index >= 15 is 4.39 Å². The van der Waals surface area contributed by atoms with E-state index in [4.69, 9.17) is 10.1 Å².